The van der Waals surface area contributed by atoms with E-state index in [0.29, 0.717) is 13.0 Å². The first kappa shape index (κ1) is 13.9. The van der Waals surface area contributed by atoms with Crippen molar-refractivity contribution in [1.82, 2.24) is 10.2 Å². The van der Waals surface area contributed by atoms with Crippen LogP contribution in [0.1, 0.15) is 37.8 Å². The highest BCUT2D eigenvalue weighted by molar-refractivity contribution is 5.80. The summed E-state index contributed by atoms with van der Waals surface area (Å²) in [6.07, 6.45) is 1.77. The number of carbonyl (C=O) groups excluding carboxylic acids is 2. The molecule has 3 fully saturated rings. The number of ether oxygens (including phenoxy) is 1. The zero-order chi connectivity index (χ0) is 14.8. The maximum Gasteiger partial charge on any atom is 0.410 e. The number of fused-ring (bicyclic) bond motifs is 4. The zero-order valence-electron chi connectivity index (χ0n) is 12.1. The van der Waals surface area contributed by atoms with Crippen molar-refractivity contribution in [3.63, 3.8) is 0 Å². The van der Waals surface area contributed by atoms with Crippen molar-refractivity contribution in [1.29, 1.82) is 0 Å². The second-order valence-electron chi connectivity index (χ2n) is 5.57. The lowest BCUT2D eigenvalue weighted by atomic mass is 9.88. The summed E-state index contributed by atoms with van der Waals surface area (Å²) in [6.45, 7) is 2.14. The predicted octanol–water partition coefficient (Wildman–Crippen LogP) is 2.24. The molecule has 3 aliphatic rings. The van der Waals surface area contributed by atoms with Gasteiger partial charge in [-0.05, 0) is 25.3 Å². The van der Waals surface area contributed by atoms with Crippen molar-refractivity contribution in [3.8, 4) is 0 Å². The van der Waals surface area contributed by atoms with Gasteiger partial charge in [0.05, 0.1) is 18.7 Å². The second-order valence-corrected chi connectivity index (χ2v) is 5.57. The van der Waals surface area contributed by atoms with Gasteiger partial charge in [-0.2, -0.15) is 0 Å². The number of hydrogen-bond donors (Lipinski definition) is 1. The van der Waals surface area contributed by atoms with Crippen LogP contribution in [0, 0.1) is 0 Å². The van der Waals surface area contributed by atoms with Gasteiger partial charge in [0, 0.05) is 12.5 Å². The molecule has 4 rings (SSSR count). The third kappa shape index (κ3) is 2.60. The number of hydrogen-bond acceptors (Lipinski definition) is 3. The summed E-state index contributed by atoms with van der Waals surface area (Å²) < 4.78 is 5.22. The van der Waals surface area contributed by atoms with E-state index >= 15 is 0 Å². The van der Waals surface area contributed by atoms with Gasteiger partial charge in [-0.25, -0.2) is 4.79 Å². The molecule has 5 nitrogen and oxygen atoms in total. The minimum absolute atomic E-state index is 0.0234. The number of rotatable bonds is 2. The van der Waals surface area contributed by atoms with Crippen LogP contribution >= 0.6 is 0 Å². The van der Waals surface area contributed by atoms with E-state index in [9.17, 15) is 9.59 Å². The number of nitrogens with one attached hydrogen (secondary N) is 1. The van der Waals surface area contributed by atoms with Crippen LogP contribution < -0.4 is 5.32 Å². The van der Waals surface area contributed by atoms with Crippen LogP contribution in [0.3, 0.4) is 0 Å². The van der Waals surface area contributed by atoms with Crippen molar-refractivity contribution in [3.05, 3.63) is 35.9 Å². The molecule has 5 heteroatoms. The Morgan fingerprint density at radius 3 is 2.81 bits per heavy atom. The standard InChI is InChI=1S/C16H20N2O3/c1-2-21-16(20)18-12-8-9-13(17-14(19)10-12)15(18)11-6-4-3-5-7-11/h3-7,12-13,15H,2,8-10H2,1H3,(H,17,19)/t12-,13-,15+/m0/s1. The first-order chi connectivity index (χ1) is 10.2. The molecule has 1 aromatic carbocycles. The molecular formula is C16H20N2O3. The van der Waals surface area contributed by atoms with E-state index in [1.54, 1.807) is 11.8 Å². The van der Waals surface area contributed by atoms with Crippen LogP contribution in [0.2, 0.25) is 0 Å². The Balaban J connectivity index is 1.99. The SMILES string of the molecule is CCOC(=O)N1[C@H]2CC[C@H](NC(=O)C2)[C@H]1c1ccccc1. The molecule has 21 heavy (non-hydrogen) atoms. The third-order valence-electron chi connectivity index (χ3n) is 4.27. The highest BCUT2D eigenvalue weighted by atomic mass is 16.6. The molecule has 0 unspecified atom stereocenters. The zero-order valence-corrected chi connectivity index (χ0v) is 12.1. The van der Waals surface area contributed by atoms with Crippen LogP contribution in [-0.2, 0) is 9.53 Å². The summed E-state index contributed by atoms with van der Waals surface area (Å²) in [5.74, 6) is 0.0234. The van der Waals surface area contributed by atoms with Crippen LogP contribution in [-0.4, -0.2) is 35.6 Å². The molecule has 0 aliphatic carbocycles. The Morgan fingerprint density at radius 1 is 1.33 bits per heavy atom. The lowest BCUT2D eigenvalue weighted by Crippen LogP contribution is -2.51. The normalized spacial score (nSPS) is 28.0. The molecule has 0 radical (unpaired) electrons. The minimum Gasteiger partial charge on any atom is -0.450 e. The molecule has 112 valence electrons. The van der Waals surface area contributed by atoms with Crippen molar-refractivity contribution >= 4 is 12.0 Å². The quantitative estimate of drug-likeness (QED) is 0.908. The van der Waals surface area contributed by atoms with Gasteiger partial charge < -0.3 is 10.1 Å². The Bertz CT molecular complexity index is 532. The lowest BCUT2D eigenvalue weighted by Gasteiger charge is -2.42. The largest absolute Gasteiger partial charge is 0.450 e. The Labute approximate surface area is 124 Å². The molecular weight excluding hydrogens is 268 g/mol. The Hall–Kier alpha value is -2.04. The average Bonchev–Trinajstić information content (AvgIpc) is 2.75. The van der Waals surface area contributed by atoms with Gasteiger partial charge >= 0.3 is 6.09 Å². The van der Waals surface area contributed by atoms with E-state index in [0.717, 1.165) is 18.4 Å². The Morgan fingerprint density at radius 2 is 2.10 bits per heavy atom. The molecule has 3 heterocycles. The molecule has 3 atom stereocenters. The fourth-order valence-electron chi connectivity index (χ4n) is 3.42. The smallest absolute Gasteiger partial charge is 0.410 e. The van der Waals surface area contributed by atoms with Crippen molar-refractivity contribution < 1.29 is 14.3 Å². The topological polar surface area (TPSA) is 58.6 Å². The molecule has 3 aliphatic heterocycles. The van der Waals surface area contributed by atoms with E-state index in [4.69, 9.17) is 4.74 Å². The van der Waals surface area contributed by atoms with E-state index in [1.165, 1.54) is 0 Å². The van der Waals surface area contributed by atoms with Gasteiger partial charge in [-0.15, -0.1) is 0 Å². The predicted molar refractivity (Wildman–Crippen MR) is 77.6 cm³/mol. The molecule has 2 bridgehead atoms. The summed E-state index contributed by atoms with van der Waals surface area (Å²) in [4.78, 5) is 26.1. The number of amides is 2. The summed E-state index contributed by atoms with van der Waals surface area (Å²) in [6, 6.07) is 9.61. The number of nitrogens with zero attached hydrogens (tertiary/aromatic N) is 1. The van der Waals surface area contributed by atoms with E-state index in [2.05, 4.69) is 5.32 Å². The number of piperidine rings is 1. The lowest BCUT2D eigenvalue weighted by molar-refractivity contribution is -0.121. The number of benzene rings is 1. The molecule has 2 amide bonds. The van der Waals surface area contributed by atoms with Gasteiger partial charge in [0.25, 0.3) is 0 Å². The Kier molecular flexibility index (Phi) is 3.82. The summed E-state index contributed by atoms with van der Waals surface area (Å²) >= 11 is 0. The fourth-order valence-corrected chi connectivity index (χ4v) is 3.42. The summed E-state index contributed by atoms with van der Waals surface area (Å²) in [7, 11) is 0. The third-order valence-corrected chi connectivity index (χ3v) is 4.27. The first-order valence-corrected chi connectivity index (χ1v) is 7.50. The number of carbonyl (C=O) groups is 2. The van der Waals surface area contributed by atoms with Crippen LogP contribution in [0.4, 0.5) is 4.79 Å². The van der Waals surface area contributed by atoms with E-state index < -0.39 is 0 Å². The van der Waals surface area contributed by atoms with Crippen molar-refractivity contribution in [2.24, 2.45) is 0 Å². The monoisotopic (exact) mass is 288 g/mol. The van der Waals surface area contributed by atoms with Crippen LogP contribution in [0.5, 0.6) is 0 Å². The van der Waals surface area contributed by atoms with E-state index in [-0.39, 0.29) is 30.1 Å². The van der Waals surface area contributed by atoms with Crippen molar-refractivity contribution in [2.45, 2.75) is 44.3 Å². The average molecular weight is 288 g/mol. The highest BCUT2D eigenvalue weighted by Crippen LogP contribution is 2.38. The molecule has 0 saturated carbocycles. The fraction of sp³-hybridized carbons (Fsp3) is 0.500. The molecule has 0 spiro atoms. The second kappa shape index (κ2) is 5.76. The van der Waals surface area contributed by atoms with Crippen LogP contribution in [0.25, 0.3) is 0 Å². The molecule has 1 N–H and O–H groups in total. The van der Waals surface area contributed by atoms with Gasteiger partial charge in [-0.3, -0.25) is 9.69 Å². The maximum atomic E-state index is 12.4. The minimum atomic E-state index is -0.322. The van der Waals surface area contributed by atoms with Gasteiger partial charge in [-0.1, -0.05) is 30.3 Å². The van der Waals surface area contributed by atoms with Crippen molar-refractivity contribution in [2.75, 3.05) is 6.61 Å². The van der Waals surface area contributed by atoms with Gasteiger partial charge in [0.1, 0.15) is 0 Å². The molecule has 3 saturated heterocycles. The summed E-state index contributed by atoms with van der Waals surface area (Å²) in [5.41, 5.74) is 1.04. The van der Waals surface area contributed by atoms with E-state index in [1.807, 2.05) is 30.3 Å². The van der Waals surface area contributed by atoms with Crippen LogP contribution in [0.15, 0.2) is 30.3 Å². The molecule has 0 aromatic heterocycles. The first-order valence-electron chi connectivity index (χ1n) is 7.50. The van der Waals surface area contributed by atoms with Gasteiger partial charge in [0.15, 0.2) is 0 Å². The molecule has 1 aromatic rings. The maximum absolute atomic E-state index is 12.4. The summed E-state index contributed by atoms with van der Waals surface area (Å²) in [5, 5.41) is 3.06. The van der Waals surface area contributed by atoms with Gasteiger partial charge in [0.2, 0.25) is 5.91 Å². The highest BCUT2D eigenvalue weighted by Gasteiger charge is 2.45.